The van der Waals surface area contributed by atoms with Crippen molar-refractivity contribution in [1.82, 2.24) is 5.32 Å². The lowest BCUT2D eigenvalue weighted by Crippen LogP contribution is -2.17. The Morgan fingerprint density at radius 3 is 2.62 bits per heavy atom. The topological polar surface area (TPSA) is 47.6 Å². The maximum atomic E-state index is 10.8. The molecule has 0 saturated carbocycles. The van der Waals surface area contributed by atoms with Gasteiger partial charge in [0, 0.05) is 27.2 Å². The van der Waals surface area contributed by atoms with Crippen LogP contribution in [0.5, 0.6) is 0 Å². The van der Waals surface area contributed by atoms with Crippen molar-refractivity contribution in [3.63, 3.8) is 0 Å². The summed E-state index contributed by atoms with van der Waals surface area (Å²) in [7, 11) is 3.30. The summed E-state index contributed by atoms with van der Waals surface area (Å²) in [6.07, 6.45) is 2.40. The second kappa shape index (κ2) is 9.48. The van der Waals surface area contributed by atoms with Crippen molar-refractivity contribution in [2.24, 2.45) is 0 Å². The van der Waals surface area contributed by atoms with E-state index in [0.717, 1.165) is 12.8 Å². The number of hydrogen-bond acceptors (Lipinski definition) is 3. The van der Waals surface area contributed by atoms with Gasteiger partial charge in [-0.1, -0.05) is 0 Å². The average molecular weight is 189 g/mol. The summed E-state index contributed by atoms with van der Waals surface area (Å²) in [5, 5.41) is 2.58. The van der Waals surface area contributed by atoms with Gasteiger partial charge in [0.25, 0.3) is 0 Å². The van der Waals surface area contributed by atoms with E-state index in [9.17, 15) is 4.79 Å². The van der Waals surface area contributed by atoms with E-state index in [-0.39, 0.29) is 5.91 Å². The molecule has 0 radical (unpaired) electrons. The molecule has 0 unspecified atom stereocenters. The van der Waals surface area contributed by atoms with Crippen LogP contribution in [0.25, 0.3) is 0 Å². The first kappa shape index (κ1) is 12.4. The number of carbonyl (C=O) groups excluding carboxylic acids is 1. The Bertz CT molecular complexity index is 128. The third-order valence-electron chi connectivity index (χ3n) is 1.65. The largest absolute Gasteiger partial charge is 0.382 e. The normalized spacial score (nSPS) is 10.0. The van der Waals surface area contributed by atoms with Gasteiger partial charge in [0.15, 0.2) is 0 Å². The fraction of sp³-hybridized carbons (Fsp3) is 0.889. The zero-order valence-corrected chi connectivity index (χ0v) is 8.47. The van der Waals surface area contributed by atoms with Gasteiger partial charge in [0.1, 0.15) is 0 Å². The van der Waals surface area contributed by atoms with E-state index >= 15 is 0 Å². The van der Waals surface area contributed by atoms with E-state index in [2.05, 4.69) is 5.32 Å². The molecule has 0 heterocycles. The SMILES string of the molecule is CNC(=O)CCCCOCCOC. The molecule has 0 rings (SSSR count). The summed E-state index contributed by atoms with van der Waals surface area (Å²) in [4.78, 5) is 10.8. The first-order valence-electron chi connectivity index (χ1n) is 4.58. The highest BCUT2D eigenvalue weighted by atomic mass is 16.5. The fourth-order valence-electron chi connectivity index (χ4n) is 0.859. The lowest BCUT2D eigenvalue weighted by molar-refractivity contribution is -0.120. The second-order valence-corrected chi connectivity index (χ2v) is 2.74. The van der Waals surface area contributed by atoms with Gasteiger partial charge in [-0.15, -0.1) is 0 Å². The average Bonchev–Trinajstić information content (AvgIpc) is 2.16. The van der Waals surface area contributed by atoms with Crippen LogP contribution in [-0.2, 0) is 14.3 Å². The van der Waals surface area contributed by atoms with Crippen LogP contribution in [0.3, 0.4) is 0 Å². The molecule has 1 amide bonds. The van der Waals surface area contributed by atoms with E-state index in [1.807, 2.05) is 0 Å². The van der Waals surface area contributed by atoms with Crippen molar-refractivity contribution in [3.8, 4) is 0 Å². The van der Waals surface area contributed by atoms with Crippen LogP contribution < -0.4 is 5.32 Å². The summed E-state index contributed by atoms with van der Waals surface area (Å²) >= 11 is 0. The number of methoxy groups -OCH3 is 1. The van der Waals surface area contributed by atoms with Gasteiger partial charge in [0.05, 0.1) is 13.2 Å². The minimum Gasteiger partial charge on any atom is -0.382 e. The molecule has 0 fully saturated rings. The fourth-order valence-corrected chi connectivity index (χ4v) is 0.859. The molecule has 0 saturated heterocycles. The molecule has 0 aliphatic carbocycles. The standard InChI is InChI=1S/C9H19NO3/c1-10-9(11)5-3-4-6-13-8-7-12-2/h3-8H2,1-2H3,(H,10,11). The molecule has 0 aromatic rings. The number of nitrogens with one attached hydrogen (secondary N) is 1. The molecule has 4 nitrogen and oxygen atoms in total. The Morgan fingerprint density at radius 1 is 1.23 bits per heavy atom. The molecule has 13 heavy (non-hydrogen) atoms. The highest BCUT2D eigenvalue weighted by Gasteiger charge is 1.96. The Kier molecular flexibility index (Phi) is 9.03. The van der Waals surface area contributed by atoms with E-state index in [4.69, 9.17) is 9.47 Å². The number of carbonyl (C=O) groups is 1. The molecule has 0 aromatic carbocycles. The Hall–Kier alpha value is -0.610. The number of unbranched alkanes of at least 4 members (excludes halogenated alkanes) is 1. The molecule has 1 N–H and O–H groups in total. The molecule has 0 spiro atoms. The third kappa shape index (κ3) is 9.30. The first-order chi connectivity index (χ1) is 6.31. The van der Waals surface area contributed by atoms with Crippen molar-refractivity contribution in [1.29, 1.82) is 0 Å². The molecular formula is C9H19NO3. The van der Waals surface area contributed by atoms with Crippen LogP contribution in [0.4, 0.5) is 0 Å². The smallest absolute Gasteiger partial charge is 0.219 e. The van der Waals surface area contributed by atoms with Crippen molar-refractivity contribution in [2.75, 3.05) is 34.0 Å². The van der Waals surface area contributed by atoms with Gasteiger partial charge in [-0.25, -0.2) is 0 Å². The van der Waals surface area contributed by atoms with Crippen LogP contribution in [-0.4, -0.2) is 39.9 Å². The number of amides is 1. The van der Waals surface area contributed by atoms with Crippen LogP contribution in [0.1, 0.15) is 19.3 Å². The summed E-state index contributed by atoms with van der Waals surface area (Å²) in [6.45, 7) is 1.98. The Morgan fingerprint density at radius 2 is 2.00 bits per heavy atom. The maximum Gasteiger partial charge on any atom is 0.219 e. The Labute approximate surface area is 79.6 Å². The van der Waals surface area contributed by atoms with Gasteiger partial charge in [0.2, 0.25) is 5.91 Å². The molecule has 0 aliphatic rings. The monoisotopic (exact) mass is 189 g/mol. The lowest BCUT2D eigenvalue weighted by atomic mass is 10.2. The van der Waals surface area contributed by atoms with E-state index in [0.29, 0.717) is 26.2 Å². The number of ether oxygens (including phenoxy) is 2. The highest BCUT2D eigenvalue weighted by Crippen LogP contribution is 1.95. The first-order valence-corrected chi connectivity index (χ1v) is 4.58. The summed E-state index contributed by atoms with van der Waals surface area (Å²) in [5.41, 5.74) is 0. The Balaban J connectivity index is 2.95. The molecular weight excluding hydrogens is 170 g/mol. The van der Waals surface area contributed by atoms with Crippen molar-refractivity contribution < 1.29 is 14.3 Å². The van der Waals surface area contributed by atoms with Gasteiger partial charge < -0.3 is 14.8 Å². The second-order valence-electron chi connectivity index (χ2n) is 2.74. The molecule has 0 aliphatic heterocycles. The molecule has 78 valence electrons. The van der Waals surface area contributed by atoms with Gasteiger partial charge in [-0.3, -0.25) is 4.79 Å². The van der Waals surface area contributed by atoms with Gasteiger partial charge in [-0.2, -0.15) is 0 Å². The molecule has 0 atom stereocenters. The van der Waals surface area contributed by atoms with Crippen molar-refractivity contribution in [3.05, 3.63) is 0 Å². The highest BCUT2D eigenvalue weighted by molar-refractivity contribution is 5.75. The maximum absolute atomic E-state index is 10.8. The van der Waals surface area contributed by atoms with Gasteiger partial charge in [-0.05, 0) is 12.8 Å². The zero-order valence-electron chi connectivity index (χ0n) is 8.47. The summed E-state index contributed by atoms with van der Waals surface area (Å²) in [6, 6.07) is 0. The molecule has 0 bridgehead atoms. The number of rotatable bonds is 8. The van der Waals surface area contributed by atoms with Crippen LogP contribution in [0.15, 0.2) is 0 Å². The zero-order chi connectivity index (χ0) is 9.94. The minimum atomic E-state index is 0.0943. The molecule has 0 aromatic heterocycles. The van der Waals surface area contributed by atoms with E-state index < -0.39 is 0 Å². The van der Waals surface area contributed by atoms with Crippen molar-refractivity contribution >= 4 is 5.91 Å². The van der Waals surface area contributed by atoms with Crippen LogP contribution in [0.2, 0.25) is 0 Å². The summed E-state index contributed by atoms with van der Waals surface area (Å²) in [5.74, 6) is 0.0943. The van der Waals surface area contributed by atoms with Crippen LogP contribution in [0, 0.1) is 0 Å². The minimum absolute atomic E-state index is 0.0943. The predicted octanol–water partition coefficient (Wildman–Crippen LogP) is 0.566. The quantitative estimate of drug-likeness (QED) is 0.568. The van der Waals surface area contributed by atoms with E-state index in [1.165, 1.54) is 0 Å². The van der Waals surface area contributed by atoms with E-state index in [1.54, 1.807) is 14.2 Å². The predicted molar refractivity (Wildman–Crippen MR) is 50.6 cm³/mol. The summed E-state index contributed by atoms with van der Waals surface area (Å²) < 4.78 is 10.0. The van der Waals surface area contributed by atoms with Crippen LogP contribution >= 0.6 is 0 Å². The third-order valence-corrected chi connectivity index (χ3v) is 1.65. The van der Waals surface area contributed by atoms with Gasteiger partial charge >= 0.3 is 0 Å². The number of hydrogen-bond donors (Lipinski definition) is 1. The molecule has 4 heteroatoms. The van der Waals surface area contributed by atoms with Crippen molar-refractivity contribution in [2.45, 2.75) is 19.3 Å². The lowest BCUT2D eigenvalue weighted by Gasteiger charge is -2.02.